The van der Waals surface area contributed by atoms with Gasteiger partial charge in [0.1, 0.15) is 6.54 Å². The largest absolute Gasteiger partial charge is 0.323 e. The molecule has 5 nitrogen and oxygen atoms in total. The summed E-state index contributed by atoms with van der Waals surface area (Å²) < 4.78 is 25.4. The third kappa shape index (κ3) is 4.49. The van der Waals surface area contributed by atoms with Gasteiger partial charge in [0.2, 0.25) is 15.9 Å². The smallest absolute Gasteiger partial charge is 0.245 e. The van der Waals surface area contributed by atoms with Crippen LogP contribution in [0, 0.1) is 13.8 Å². The Morgan fingerprint density at radius 3 is 2.42 bits per heavy atom. The number of hydrogen-bond donors (Lipinski definition) is 1. The van der Waals surface area contributed by atoms with Crippen LogP contribution in [0.25, 0.3) is 0 Å². The molecule has 1 amide bonds. The van der Waals surface area contributed by atoms with Gasteiger partial charge in [0.25, 0.3) is 0 Å². The molecule has 0 radical (unpaired) electrons. The molecule has 2 rings (SSSR count). The average Bonchev–Trinajstić information content (AvgIpc) is 2.47. The van der Waals surface area contributed by atoms with Crippen LogP contribution < -0.4 is 9.62 Å². The van der Waals surface area contributed by atoms with E-state index in [1.165, 1.54) is 0 Å². The average molecular weight is 367 g/mol. The minimum absolute atomic E-state index is 0.325. The number of halogens is 1. The van der Waals surface area contributed by atoms with Crippen molar-refractivity contribution in [3.05, 3.63) is 58.6 Å². The van der Waals surface area contributed by atoms with Gasteiger partial charge < -0.3 is 5.32 Å². The molecular formula is C17H19ClN2O3S. The minimum atomic E-state index is -3.61. The van der Waals surface area contributed by atoms with E-state index in [0.29, 0.717) is 16.4 Å². The highest BCUT2D eigenvalue weighted by atomic mass is 35.5. The van der Waals surface area contributed by atoms with E-state index >= 15 is 0 Å². The van der Waals surface area contributed by atoms with Crippen LogP contribution in [0.1, 0.15) is 11.1 Å². The lowest BCUT2D eigenvalue weighted by Gasteiger charge is -2.24. The molecular weight excluding hydrogens is 348 g/mol. The number of aryl methyl sites for hydroxylation is 2. The second-order valence-corrected chi connectivity index (χ2v) is 7.90. The number of nitrogens with one attached hydrogen (secondary N) is 1. The summed E-state index contributed by atoms with van der Waals surface area (Å²) in [4.78, 5) is 12.3. The van der Waals surface area contributed by atoms with Gasteiger partial charge in [-0.3, -0.25) is 9.10 Å². The molecule has 0 aromatic heterocycles. The first kappa shape index (κ1) is 18.3. The van der Waals surface area contributed by atoms with Gasteiger partial charge in [0.05, 0.1) is 22.7 Å². The van der Waals surface area contributed by atoms with Crippen molar-refractivity contribution in [3.8, 4) is 0 Å². The van der Waals surface area contributed by atoms with Crippen LogP contribution >= 0.6 is 11.6 Å². The van der Waals surface area contributed by atoms with Gasteiger partial charge in [-0.2, -0.15) is 0 Å². The molecule has 0 spiro atoms. The summed E-state index contributed by atoms with van der Waals surface area (Å²) in [5, 5.41) is 3.03. The SMILES string of the molecule is Cc1ccc(N(CC(=O)Nc2ccccc2Cl)S(C)(=O)=O)c(C)c1. The Balaban J connectivity index is 2.27. The van der Waals surface area contributed by atoms with Gasteiger partial charge in [0, 0.05) is 0 Å². The molecule has 0 bridgehead atoms. The lowest BCUT2D eigenvalue weighted by Crippen LogP contribution is -2.37. The maximum atomic E-state index is 12.3. The lowest BCUT2D eigenvalue weighted by atomic mass is 10.1. The molecule has 7 heteroatoms. The fraction of sp³-hybridized carbons (Fsp3) is 0.235. The Hall–Kier alpha value is -2.05. The van der Waals surface area contributed by atoms with Crippen LogP contribution in [0.4, 0.5) is 11.4 Å². The summed E-state index contributed by atoms with van der Waals surface area (Å²) in [6.07, 6.45) is 1.08. The van der Waals surface area contributed by atoms with Crippen molar-refractivity contribution in [1.82, 2.24) is 0 Å². The van der Waals surface area contributed by atoms with E-state index in [-0.39, 0.29) is 6.54 Å². The first-order valence-electron chi connectivity index (χ1n) is 7.28. The van der Waals surface area contributed by atoms with Gasteiger partial charge >= 0.3 is 0 Å². The Labute approximate surface area is 147 Å². The Bertz CT molecular complexity index is 866. The highest BCUT2D eigenvalue weighted by Gasteiger charge is 2.22. The minimum Gasteiger partial charge on any atom is -0.323 e. The zero-order chi connectivity index (χ0) is 17.9. The maximum absolute atomic E-state index is 12.3. The van der Waals surface area contributed by atoms with E-state index in [4.69, 9.17) is 11.6 Å². The lowest BCUT2D eigenvalue weighted by molar-refractivity contribution is -0.114. The summed E-state index contributed by atoms with van der Waals surface area (Å²) in [6.45, 7) is 3.41. The van der Waals surface area contributed by atoms with Crippen molar-refractivity contribution in [3.63, 3.8) is 0 Å². The molecule has 0 heterocycles. The molecule has 24 heavy (non-hydrogen) atoms. The number of hydrogen-bond acceptors (Lipinski definition) is 3. The number of carbonyl (C=O) groups is 1. The molecule has 0 unspecified atom stereocenters. The summed E-state index contributed by atoms with van der Waals surface area (Å²) in [5.41, 5.74) is 2.73. The third-order valence-electron chi connectivity index (χ3n) is 3.46. The number of anilines is 2. The van der Waals surface area contributed by atoms with Crippen molar-refractivity contribution in [2.45, 2.75) is 13.8 Å². The number of para-hydroxylation sites is 1. The molecule has 0 aliphatic rings. The second kappa shape index (κ2) is 7.23. The van der Waals surface area contributed by atoms with E-state index in [2.05, 4.69) is 5.32 Å². The van der Waals surface area contributed by atoms with Gasteiger partial charge in [-0.15, -0.1) is 0 Å². The summed E-state index contributed by atoms with van der Waals surface area (Å²) in [7, 11) is -3.61. The Kier molecular flexibility index (Phi) is 5.51. The van der Waals surface area contributed by atoms with Crippen LogP contribution in [0.5, 0.6) is 0 Å². The highest BCUT2D eigenvalue weighted by molar-refractivity contribution is 7.92. The van der Waals surface area contributed by atoms with E-state index in [1.807, 2.05) is 26.0 Å². The van der Waals surface area contributed by atoms with Crippen molar-refractivity contribution in [2.24, 2.45) is 0 Å². The fourth-order valence-corrected chi connectivity index (χ4v) is 3.45. The zero-order valence-corrected chi connectivity index (χ0v) is 15.3. The second-order valence-electron chi connectivity index (χ2n) is 5.59. The van der Waals surface area contributed by atoms with E-state index < -0.39 is 15.9 Å². The molecule has 2 aromatic carbocycles. The van der Waals surface area contributed by atoms with E-state index in [1.54, 1.807) is 30.3 Å². The first-order valence-corrected chi connectivity index (χ1v) is 9.50. The Morgan fingerprint density at radius 2 is 1.83 bits per heavy atom. The third-order valence-corrected chi connectivity index (χ3v) is 4.91. The van der Waals surface area contributed by atoms with Crippen LogP contribution in [0.15, 0.2) is 42.5 Å². The highest BCUT2D eigenvalue weighted by Crippen LogP contribution is 2.24. The van der Waals surface area contributed by atoms with Crippen LogP contribution in [-0.2, 0) is 14.8 Å². The van der Waals surface area contributed by atoms with Crippen molar-refractivity contribution < 1.29 is 13.2 Å². The van der Waals surface area contributed by atoms with Crippen LogP contribution in [0.2, 0.25) is 5.02 Å². The van der Waals surface area contributed by atoms with Crippen molar-refractivity contribution in [1.29, 1.82) is 0 Å². The quantitative estimate of drug-likeness (QED) is 0.882. The molecule has 0 fully saturated rings. The molecule has 0 saturated heterocycles. The number of benzene rings is 2. The topological polar surface area (TPSA) is 66.5 Å². The van der Waals surface area contributed by atoms with Gasteiger partial charge in [0.15, 0.2) is 0 Å². The van der Waals surface area contributed by atoms with Crippen LogP contribution in [-0.4, -0.2) is 27.1 Å². The van der Waals surface area contributed by atoms with Crippen LogP contribution in [0.3, 0.4) is 0 Å². The number of nitrogens with zero attached hydrogens (tertiary/aromatic N) is 1. The molecule has 1 N–H and O–H groups in total. The molecule has 0 atom stereocenters. The normalized spacial score (nSPS) is 11.2. The summed E-state index contributed by atoms with van der Waals surface area (Å²) >= 11 is 6.01. The number of amides is 1. The summed E-state index contributed by atoms with van der Waals surface area (Å²) in [6, 6.07) is 12.2. The summed E-state index contributed by atoms with van der Waals surface area (Å²) in [5.74, 6) is -0.464. The fourth-order valence-electron chi connectivity index (χ4n) is 2.35. The molecule has 0 aliphatic carbocycles. The van der Waals surface area contributed by atoms with Crippen molar-refractivity contribution in [2.75, 3.05) is 22.4 Å². The standard InChI is InChI=1S/C17H19ClN2O3S/c1-12-8-9-16(13(2)10-12)20(24(3,22)23)11-17(21)19-15-7-5-4-6-14(15)18/h4-10H,11H2,1-3H3,(H,19,21). The van der Waals surface area contributed by atoms with Gasteiger partial charge in [-0.1, -0.05) is 41.4 Å². The van der Waals surface area contributed by atoms with Gasteiger partial charge in [-0.25, -0.2) is 8.42 Å². The van der Waals surface area contributed by atoms with E-state index in [0.717, 1.165) is 21.7 Å². The Morgan fingerprint density at radius 1 is 1.17 bits per heavy atom. The van der Waals surface area contributed by atoms with Crippen molar-refractivity contribution >= 4 is 38.9 Å². The number of rotatable bonds is 5. The molecule has 0 saturated carbocycles. The zero-order valence-electron chi connectivity index (χ0n) is 13.7. The van der Waals surface area contributed by atoms with Gasteiger partial charge in [-0.05, 0) is 37.6 Å². The predicted octanol–water partition coefficient (Wildman–Crippen LogP) is 3.36. The number of carbonyl (C=O) groups excluding carboxylic acids is 1. The molecule has 128 valence electrons. The predicted molar refractivity (Wildman–Crippen MR) is 98.2 cm³/mol. The van der Waals surface area contributed by atoms with E-state index in [9.17, 15) is 13.2 Å². The number of sulfonamides is 1. The first-order chi connectivity index (χ1) is 11.2. The monoisotopic (exact) mass is 366 g/mol. The molecule has 2 aromatic rings. The maximum Gasteiger partial charge on any atom is 0.245 e. The molecule has 0 aliphatic heterocycles.